The Morgan fingerprint density at radius 3 is 2.23 bits per heavy atom. The summed E-state index contributed by atoms with van der Waals surface area (Å²) >= 11 is 0. The van der Waals surface area contributed by atoms with Crippen LogP contribution in [0.5, 0.6) is 0 Å². The molecule has 6 nitrogen and oxygen atoms in total. The van der Waals surface area contributed by atoms with Crippen molar-refractivity contribution in [3.05, 3.63) is 71.8 Å². The molecule has 2 aromatic rings. The van der Waals surface area contributed by atoms with Gasteiger partial charge in [0.2, 0.25) is 5.91 Å². The van der Waals surface area contributed by atoms with Crippen molar-refractivity contribution in [2.45, 2.75) is 30.5 Å². The fourth-order valence-corrected chi connectivity index (χ4v) is 5.34. The van der Waals surface area contributed by atoms with Crippen LogP contribution in [0.3, 0.4) is 0 Å². The lowest BCUT2D eigenvalue weighted by Gasteiger charge is -2.60. The average Bonchev–Trinajstić information content (AvgIpc) is 3.12. The van der Waals surface area contributed by atoms with Gasteiger partial charge in [-0.2, -0.15) is 0 Å². The lowest BCUT2D eigenvalue weighted by Crippen LogP contribution is -2.79. The molecule has 1 spiro atoms. The largest absolute Gasteiger partial charge is 0.392 e. The molecule has 3 fully saturated rings. The molecule has 6 heteroatoms. The van der Waals surface area contributed by atoms with E-state index >= 15 is 0 Å². The second-order valence-electron chi connectivity index (χ2n) is 8.88. The highest BCUT2D eigenvalue weighted by atomic mass is 16.3. The van der Waals surface area contributed by atoms with Crippen LogP contribution in [0.4, 0.5) is 0 Å². The van der Waals surface area contributed by atoms with E-state index in [4.69, 9.17) is 0 Å². The number of nitrogens with zero attached hydrogens (tertiary/aromatic N) is 3. The molecule has 2 aromatic carbocycles. The molecule has 5 rings (SSSR count). The van der Waals surface area contributed by atoms with Crippen LogP contribution >= 0.6 is 0 Å². The van der Waals surface area contributed by atoms with Crippen molar-refractivity contribution in [3.8, 4) is 0 Å². The predicted octanol–water partition coefficient (Wildman–Crippen LogP) is 1.40. The smallest absolute Gasteiger partial charge is 0.253 e. The van der Waals surface area contributed by atoms with Gasteiger partial charge in [-0.3, -0.25) is 14.5 Å². The molecular weight excluding hydrogens is 378 g/mol. The number of fused-ring (bicyclic) bond motifs is 2. The Morgan fingerprint density at radius 1 is 0.900 bits per heavy atom. The second kappa shape index (κ2) is 7.52. The average molecular weight is 405 g/mol. The third-order valence-electron chi connectivity index (χ3n) is 6.75. The van der Waals surface area contributed by atoms with Gasteiger partial charge in [-0.25, -0.2) is 0 Å². The van der Waals surface area contributed by atoms with Crippen molar-refractivity contribution in [2.75, 3.05) is 32.7 Å². The topological polar surface area (TPSA) is 64.1 Å². The number of aliphatic hydroxyl groups is 1. The van der Waals surface area contributed by atoms with Crippen molar-refractivity contribution < 1.29 is 14.7 Å². The Bertz CT molecular complexity index is 927. The number of hydrogen-bond donors (Lipinski definition) is 1. The number of rotatable bonds is 3. The van der Waals surface area contributed by atoms with Crippen LogP contribution in [-0.4, -0.2) is 82.0 Å². The molecule has 3 heterocycles. The summed E-state index contributed by atoms with van der Waals surface area (Å²) in [5.41, 5.74) is 1.45. The third-order valence-corrected chi connectivity index (χ3v) is 6.75. The first kappa shape index (κ1) is 19.3. The number of amides is 2. The van der Waals surface area contributed by atoms with Crippen molar-refractivity contribution in [2.24, 2.45) is 0 Å². The van der Waals surface area contributed by atoms with Gasteiger partial charge in [0.15, 0.2) is 0 Å². The zero-order valence-electron chi connectivity index (χ0n) is 17.0. The zero-order valence-corrected chi connectivity index (χ0v) is 17.0. The molecule has 0 unspecified atom stereocenters. The van der Waals surface area contributed by atoms with Crippen molar-refractivity contribution in [1.82, 2.24) is 14.7 Å². The van der Waals surface area contributed by atoms with Gasteiger partial charge in [0.05, 0.1) is 18.1 Å². The van der Waals surface area contributed by atoms with E-state index in [1.165, 1.54) is 0 Å². The summed E-state index contributed by atoms with van der Waals surface area (Å²) < 4.78 is 0. The highest BCUT2D eigenvalue weighted by Gasteiger charge is 2.57. The molecule has 1 N–H and O–H groups in total. The number of benzene rings is 2. The van der Waals surface area contributed by atoms with Crippen molar-refractivity contribution in [3.63, 3.8) is 0 Å². The summed E-state index contributed by atoms with van der Waals surface area (Å²) in [6, 6.07) is 19.3. The maximum absolute atomic E-state index is 13.1. The highest BCUT2D eigenvalue weighted by molar-refractivity contribution is 5.95. The van der Waals surface area contributed by atoms with E-state index in [9.17, 15) is 14.7 Å². The molecule has 3 aliphatic rings. The Labute approximate surface area is 176 Å². The second-order valence-corrected chi connectivity index (χ2v) is 8.88. The summed E-state index contributed by atoms with van der Waals surface area (Å²) in [6.45, 7) is 3.08. The summed E-state index contributed by atoms with van der Waals surface area (Å²) in [6.07, 6.45) is 0.706. The maximum atomic E-state index is 13.1. The fourth-order valence-electron chi connectivity index (χ4n) is 5.34. The van der Waals surface area contributed by atoms with Crippen LogP contribution < -0.4 is 0 Å². The monoisotopic (exact) mass is 405 g/mol. The lowest BCUT2D eigenvalue weighted by atomic mass is 9.83. The van der Waals surface area contributed by atoms with E-state index in [-0.39, 0.29) is 29.5 Å². The van der Waals surface area contributed by atoms with Gasteiger partial charge < -0.3 is 14.9 Å². The minimum absolute atomic E-state index is 0.0326. The highest BCUT2D eigenvalue weighted by Crippen LogP contribution is 2.39. The number of piperazine rings is 1. The van der Waals surface area contributed by atoms with Gasteiger partial charge in [-0.1, -0.05) is 48.5 Å². The number of hydrogen-bond acceptors (Lipinski definition) is 4. The molecule has 156 valence electrons. The Kier molecular flexibility index (Phi) is 4.83. The molecule has 2 amide bonds. The summed E-state index contributed by atoms with van der Waals surface area (Å²) in [4.78, 5) is 32.1. The quantitative estimate of drug-likeness (QED) is 0.839. The molecule has 3 saturated heterocycles. The Hall–Kier alpha value is -2.70. The van der Waals surface area contributed by atoms with Crippen molar-refractivity contribution in [1.29, 1.82) is 0 Å². The number of carbonyl (C=O) groups is 2. The van der Waals surface area contributed by atoms with Crippen LogP contribution in [0.2, 0.25) is 0 Å². The summed E-state index contributed by atoms with van der Waals surface area (Å²) in [7, 11) is 0. The van der Waals surface area contributed by atoms with Crippen LogP contribution in [0, 0.1) is 0 Å². The third kappa shape index (κ3) is 3.40. The number of aliphatic hydroxyl groups excluding tert-OH is 1. The van der Waals surface area contributed by atoms with Gasteiger partial charge >= 0.3 is 0 Å². The molecule has 0 saturated carbocycles. The van der Waals surface area contributed by atoms with E-state index in [0.717, 1.165) is 5.56 Å². The van der Waals surface area contributed by atoms with E-state index in [0.29, 0.717) is 51.1 Å². The van der Waals surface area contributed by atoms with Gasteiger partial charge in [-0.05, 0) is 24.1 Å². The molecular formula is C24H27N3O3. The maximum Gasteiger partial charge on any atom is 0.253 e. The van der Waals surface area contributed by atoms with E-state index in [2.05, 4.69) is 4.90 Å². The molecule has 0 radical (unpaired) electrons. The van der Waals surface area contributed by atoms with E-state index < -0.39 is 0 Å². The standard InChI is InChI=1S/C24H27N3O3/c28-21-12-20-13-25(22(29)11-18-7-3-1-4-8-18)15-24(27(20)14-21)16-26(17-24)23(30)19-9-5-2-6-10-19/h1-10,20-21,28H,11-17H2/t20-,21-/m1/s1. The lowest BCUT2D eigenvalue weighted by molar-refractivity contribution is -0.146. The molecule has 0 bridgehead atoms. The number of β-amino-alcohol motifs (C(OH)–C–C–N with tert-alkyl or cyclic N) is 1. The van der Waals surface area contributed by atoms with Crippen LogP contribution in [-0.2, 0) is 11.2 Å². The van der Waals surface area contributed by atoms with Crippen molar-refractivity contribution >= 4 is 11.8 Å². The van der Waals surface area contributed by atoms with E-state index in [1.807, 2.05) is 70.5 Å². The SMILES string of the molecule is O=C(Cc1ccccc1)N1C[C@H]2C[C@@H](O)CN2C2(C1)CN(C(=O)c1ccccc1)C2. The molecule has 30 heavy (non-hydrogen) atoms. The first-order chi connectivity index (χ1) is 14.5. The number of likely N-dealkylation sites (tertiary alicyclic amines) is 1. The first-order valence-electron chi connectivity index (χ1n) is 10.6. The van der Waals surface area contributed by atoms with Crippen LogP contribution in [0.25, 0.3) is 0 Å². The van der Waals surface area contributed by atoms with Crippen LogP contribution in [0.1, 0.15) is 22.3 Å². The Morgan fingerprint density at radius 2 is 1.53 bits per heavy atom. The van der Waals surface area contributed by atoms with Gasteiger partial charge in [0.1, 0.15) is 0 Å². The Balaban J connectivity index is 1.32. The summed E-state index contributed by atoms with van der Waals surface area (Å²) in [5.74, 6) is 0.153. The van der Waals surface area contributed by atoms with Gasteiger partial charge in [0, 0.05) is 44.3 Å². The zero-order chi connectivity index (χ0) is 20.7. The molecule has 2 atom stereocenters. The minimum Gasteiger partial charge on any atom is -0.392 e. The van der Waals surface area contributed by atoms with Gasteiger partial charge in [-0.15, -0.1) is 0 Å². The molecule has 0 aliphatic carbocycles. The van der Waals surface area contributed by atoms with Crippen LogP contribution in [0.15, 0.2) is 60.7 Å². The fraction of sp³-hybridized carbons (Fsp3) is 0.417. The molecule has 3 aliphatic heterocycles. The normalized spacial score (nSPS) is 25.1. The van der Waals surface area contributed by atoms with E-state index in [1.54, 1.807) is 0 Å². The minimum atomic E-state index is -0.366. The predicted molar refractivity (Wildman–Crippen MR) is 113 cm³/mol. The number of carbonyl (C=O) groups excluding carboxylic acids is 2. The summed E-state index contributed by atoms with van der Waals surface area (Å²) in [5, 5.41) is 10.3. The first-order valence-corrected chi connectivity index (χ1v) is 10.6. The molecule has 0 aromatic heterocycles. The van der Waals surface area contributed by atoms with Gasteiger partial charge in [0.25, 0.3) is 5.91 Å².